The van der Waals surface area contributed by atoms with Crippen LogP contribution in [0.3, 0.4) is 0 Å². The number of anilines is 1. The highest BCUT2D eigenvalue weighted by atomic mass is 79.9. The lowest BCUT2D eigenvalue weighted by Gasteiger charge is -2.12. The summed E-state index contributed by atoms with van der Waals surface area (Å²) in [6.45, 7) is -0.229. The van der Waals surface area contributed by atoms with E-state index in [2.05, 4.69) is 36.8 Å². The number of hydrogen-bond donors (Lipinski definition) is 2. The SMILES string of the molecule is O=C(COc1ccc(Cl)cc1Cl)NCc1nnc(SCC(=O)Nc2ccccc2F)n1-c1ccc(Br)cc1. The summed E-state index contributed by atoms with van der Waals surface area (Å²) in [4.78, 5) is 24.9. The summed E-state index contributed by atoms with van der Waals surface area (Å²) in [6, 6.07) is 18.0. The number of carbonyl (C=O) groups is 2. The molecule has 196 valence electrons. The highest BCUT2D eigenvalue weighted by molar-refractivity contribution is 9.10. The lowest BCUT2D eigenvalue weighted by molar-refractivity contribution is -0.123. The van der Waals surface area contributed by atoms with Gasteiger partial charge in [-0.25, -0.2) is 4.39 Å². The van der Waals surface area contributed by atoms with E-state index in [-0.39, 0.29) is 24.6 Å². The Hall–Kier alpha value is -3.12. The molecule has 1 heterocycles. The molecule has 38 heavy (non-hydrogen) atoms. The van der Waals surface area contributed by atoms with Crippen LogP contribution in [0.15, 0.2) is 76.4 Å². The monoisotopic (exact) mass is 637 g/mol. The van der Waals surface area contributed by atoms with Gasteiger partial charge in [-0.2, -0.15) is 0 Å². The molecule has 0 saturated heterocycles. The first-order valence-corrected chi connectivity index (χ1v) is 13.6. The summed E-state index contributed by atoms with van der Waals surface area (Å²) in [5.41, 5.74) is 0.821. The van der Waals surface area contributed by atoms with Crippen LogP contribution in [0.5, 0.6) is 5.75 Å². The van der Waals surface area contributed by atoms with E-state index in [1.807, 2.05) is 24.3 Å². The second-order valence-electron chi connectivity index (χ2n) is 7.67. The molecule has 0 fully saturated rings. The van der Waals surface area contributed by atoms with Crippen molar-refractivity contribution in [3.63, 3.8) is 0 Å². The third kappa shape index (κ3) is 7.47. The summed E-state index contributed by atoms with van der Waals surface area (Å²) in [7, 11) is 0. The molecule has 0 aliphatic heterocycles. The Morgan fingerprint density at radius 2 is 1.79 bits per heavy atom. The third-order valence-corrected chi connectivity index (χ3v) is 6.95. The smallest absolute Gasteiger partial charge is 0.258 e. The Kier molecular flexibility index (Phi) is 9.62. The lowest BCUT2D eigenvalue weighted by atomic mass is 10.3. The third-order valence-electron chi connectivity index (χ3n) is 4.96. The number of nitrogens with zero attached hydrogens (tertiary/aromatic N) is 3. The quantitative estimate of drug-likeness (QED) is 0.210. The molecule has 4 aromatic rings. The van der Waals surface area contributed by atoms with Gasteiger partial charge in [-0.05, 0) is 54.6 Å². The average Bonchev–Trinajstić information content (AvgIpc) is 3.30. The minimum atomic E-state index is -0.524. The highest BCUT2D eigenvalue weighted by Gasteiger charge is 2.17. The van der Waals surface area contributed by atoms with Crippen molar-refractivity contribution in [3.05, 3.63) is 92.9 Å². The van der Waals surface area contributed by atoms with Crippen molar-refractivity contribution in [1.82, 2.24) is 20.1 Å². The molecule has 2 amide bonds. The number of benzene rings is 3. The van der Waals surface area contributed by atoms with Gasteiger partial charge in [0.05, 0.1) is 23.0 Å². The molecular weight excluding hydrogens is 620 g/mol. The van der Waals surface area contributed by atoms with Crippen LogP contribution < -0.4 is 15.4 Å². The van der Waals surface area contributed by atoms with E-state index in [4.69, 9.17) is 27.9 Å². The fourth-order valence-corrected chi connectivity index (χ4v) is 4.70. The Morgan fingerprint density at radius 3 is 2.53 bits per heavy atom. The van der Waals surface area contributed by atoms with Gasteiger partial charge in [0.15, 0.2) is 17.6 Å². The molecular formula is C25H19BrCl2FN5O3S. The molecule has 0 bridgehead atoms. The number of hydrogen-bond acceptors (Lipinski definition) is 6. The molecule has 0 unspecified atom stereocenters. The average molecular weight is 639 g/mol. The van der Waals surface area contributed by atoms with Crippen LogP contribution in [0.25, 0.3) is 5.69 Å². The number of halogens is 4. The van der Waals surface area contributed by atoms with Gasteiger partial charge in [0.25, 0.3) is 5.91 Å². The van der Waals surface area contributed by atoms with Crippen molar-refractivity contribution in [2.24, 2.45) is 0 Å². The summed E-state index contributed by atoms with van der Waals surface area (Å²) in [5.74, 6) is -0.605. The molecule has 0 saturated carbocycles. The van der Waals surface area contributed by atoms with Crippen molar-refractivity contribution in [2.75, 3.05) is 17.7 Å². The first-order chi connectivity index (χ1) is 18.3. The van der Waals surface area contributed by atoms with Gasteiger partial charge in [-0.1, -0.05) is 63.0 Å². The standard InChI is InChI=1S/C25H19BrCl2FN5O3S/c26-15-5-8-17(9-6-15)34-22(12-30-23(35)13-37-21-10-7-16(27)11-18(21)28)32-33-25(34)38-14-24(36)31-20-4-2-1-3-19(20)29/h1-11H,12-14H2,(H,30,35)(H,31,36). The Bertz CT molecular complexity index is 1460. The highest BCUT2D eigenvalue weighted by Crippen LogP contribution is 2.27. The van der Waals surface area contributed by atoms with E-state index in [0.29, 0.717) is 26.8 Å². The summed E-state index contributed by atoms with van der Waals surface area (Å²) < 4.78 is 21.9. The molecule has 3 aromatic carbocycles. The van der Waals surface area contributed by atoms with E-state index in [9.17, 15) is 14.0 Å². The van der Waals surface area contributed by atoms with Crippen molar-refractivity contribution < 1.29 is 18.7 Å². The van der Waals surface area contributed by atoms with Gasteiger partial charge >= 0.3 is 0 Å². The minimum absolute atomic E-state index is 0.0367. The predicted octanol–water partition coefficient (Wildman–Crippen LogP) is 5.90. The zero-order valence-corrected chi connectivity index (χ0v) is 23.4. The van der Waals surface area contributed by atoms with E-state index >= 15 is 0 Å². The van der Waals surface area contributed by atoms with Gasteiger partial charge in [0, 0.05) is 15.2 Å². The Morgan fingerprint density at radius 1 is 1.03 bits per heavy atom. The maximum atomic E-state index is 13.9. The second-order valence-corrected chi connectivity index (χ2v) is 10.4. The fourth-order valence-electron chi connectivity index (χ4n) is 3.20. The van der Waals surface area contributed by atoms with Crippen molar-refractivity contribution >= 4 is 68.4 Å². The van der Waals surface area contributed by atoms with Crippen LogP contribution in [-0.2, 0) is 16.1 Å². The fraction of sp³-hybridized carbons (Fsp3) is 0.120. The van der Waals surface area contributed by atoms with Crippen molar-refractivity contribution in [1.29, 1.82) is 0 Å². The van der Waals surface area contributed by atoms with E-state index < -0.39 is 17.6 Å². The number of para-hydroxylation sites is 1. The van der Waals surface area contributed by atoms with Gasteiger partial charge in [-0.15, -0.1) is 10.2 Å². The number of rotatable bonds is 10. The molecule has 8 nitrogen and oxygen atoms in total. The molecule has 13 heteroatoms. The number of ether oxygens (including phenoxy) is 1. The molecule has 0 spiro atoms. The first kappa shape index (κ1) is 27.9. The maximum Gasteiger partial charge on any atom is 0.258 e. The predicted molar refractivity (Wildman–Crippen MR) is 149 cm³/mol. The van der Waals surface area contributed by atoms with Gasteiger partial charge in [-0.3, -0.25) is 14.2 Å². The maximum absolute atomic E-state index is 13.9. The normalized spacial score (nSPS) is 10.7. The topological polar surface area (TPSA) is 98.1 Å². The molecule has 2 N–H and O–H groups in total. The zero-order valence-electron chi connectivity index (χ0n) is 19.5. The Labute approximate surface area is 240 Å². The molecule has 0 aliphatic carbocycles. The number of aromatic nitrogens is 3. The van der Waals surface area contributed by atoms with Crippen LogP contribution in [0.1, 0.15) is 5.82 Å². The van der Waals surface area contributed by atoms with Crippen molar-refractivity contribution in [2.45, 2.75) is 11.7 Å². The summed E-state index contributed by atoms with van der Waals surface area (Å²) in [5, 5.41) is 14.9. The number of nitrogens with one attached hydrogen (secondary N) is 2. The van der Waals surface area contributed by atoms with E-state index in [0.717, 1.165) is 21.9 Å². The largest absolute Gasteiger partial charge is 0.482 e. The van der Waals surface area contributed by atoms with Crippen LogP contribution in [0.4, 0.5) is 10.1 Å². The van der Waals surface area contributed by atoms with Crippen LogP contribution in [0, 0.1) is 5.82 Å². The first-order valence-electron chi connectivity index (χ1n) is 11.0. The number of carbonyl (C=O) groups excluding carboxylic acids is 2. The van der Waals surface area contributed by atoms with Crippen LogP contribution >= 0.6 is 50.9 Å². The molecule has 0 radical (unpaired) electrons. The number of amides is 2. The minimum Gasteiger partial charge on any atom is -0.482 e. The van der Waals surface area contributed by atoms with Crippen LogP contribution in [-0.4, -0.2) is 38.9 Å². The lowest BCUT2D eigenvalue weighted by Crippen LogP contribution is -2.29. The van der Waals surface area contributed by atoms with Crippen LogP contribution in [0.2, 0.25) is 10.0 Å². The molecule has 0 atom stereocenters. The van der Waals surface area contributed by atoms with E-state index in [1.54, 1.807) is 28.8 Å². The van der Waals surface area contributed by atoms with Gasteiger partial charge < -0.3 is 15.4 Å². The molecule has 0 aliphatic rings. The summed E-state index contributed by atoms with van der Waals surface area (Å²) in [6.07, 6.45) is 0. The summed E-state index contributed by atoms with van der Waals surface area (Å²) >= 11 is 16.5. The van der Waals surface area contributed by atoms with Gasteiger partial charge in [0.2, 0.25) is 5.91 Å². The van der Waals surface area contributed by atoms with Crippen molar-refractivity contribution in [3.8, 4) is 11.4 Å². The van der Waals surface area contributed by atoms with E-state index in [1.165, 1.54) is 18.2 Å². The molecule has 1 aromatic heterocycles. The number of thioether (sulfide) groups is 1. The van der Waals surface area contributed by atoms with Gasteiger partial charge in [0.1, 0.15) is 11.6 Å². The molecule has 4 rings (SSSR count). The second kappa shape index (κ2) is 13.1. The Balaban J connectivity index is 1.43. The zero-order chi connectivity index (χ0) is 27.1.